The van der Waals surface area contributed by atoms with Gasteiger partial charge in [0.2, 0.25) is 10.0 Å². The van der Waals surface area contributed by atoms with Gasteiger partial charge in [-0.2, -0.15) is 19.6 Å². The fourth-order valence-electron chi connectivity index (χ4n) is 6.11. The van der Waals surface area contributed by atoms with Crippen LogP contribution in [0.5, 0.6) is 0 Å². The quantitative estimate of drug-likeness (QED) is 0.476. The van der Waals surface area contributed by atoms with Gasteiger partial charge in [0.15, 0.2) is 0 Å². The number of halogens is 2. The smallest absolute Gasteiger partial charge is 0.246 e. The highest BCUT2D eigenvalue weighted by Crippen LogP contribution is 2.67. The standard InChI is InChI=1S/C25H29F2N5O2S/c1-5-31-14-16(13-28-31)35(33,34)32(6-2)15-25-11-10-18(24(25,3)4)17-12-21(29-30-23(17)25)22-19(26)8-7-9-20(22)27/h7-9,12-14,18H,5-6,10-11,15H2,1-4H3/t18-,25-/m0/s1. The first-order valence-corrected chi connectivity index (χ1v) is 13.4. The summed E-state index contributed by atoms with van der Waals surface area (Å²) in [5.41, 5.74) is 0.731. The van der Waals surface area contributed by atoms with E-state index in [0.717, 1.165) is 24.1 Å². The molecule has 35 heavy (non-hydrogen) atoms. The summed E-state index contributed by atoms with van der Waals surface area (Å²) >= 11 is 0. The monoisotopic (exact) mass is 501 g/mol. The van der Waals surface area contributed by atoms with Gasteiger partial charge >= 0.3 is 0 Å². The van der Waals surface area contributed by atoms with Crippen LogP contribution >= 0.6 is 0 Å². The van der Waals surface area contributed by atoms with E-state index in [1.54, 1.807) is 16.9 Å². The van der Waals surface area contributed by atoms with Crippen molar-refractivity contribution in [1.82, 2.24) is 24.3 Å². The molecule has 2 aromatic heterocycles. The van der Waals surface area contributed by atoms with Crippen LogP contribution in [0.15, 0.2) is 41.6 Å². The predicted molar refractivity (Wildman–Crippen MR) is 127 cm³/mol. The van der Waals surface area contributed by atoms with Crippen molar-refractivity contribution in [1.29, 1.82) is 0 Å². The minimum Gasteiger partial charge on any atom is -0.272 e. The van der Waals surface area contributed by atoms with E-state index in [2.05, 4.69) is 29.1 Å². The van der Waals surface area contributed by atoms with E-state index in [-0.39, 0.29) is 34.0 Å². The molecule has 0 amide bonds. The molecule has 186 valence electrons. The van der Waals surface area contributed by atoms with Gasteiger partial charge in [-0.05, 0) is 54.9 Å². The number of sulfonamides is 1. The molecule has 2 atom stereocenters. The third kappa shape index (κ3) is 3.36. The van der Waals surface area contributed by atoms with Crippen LogP contribution in [0.2, 0.25) is 0 Å². The largest absolute Gasteiger partial charge is 0.272 e. The molecule has 1 saturated carbocycles. The lowest BCUT2D eigenvalue weighted by Gasteiger charge is -2.40. The number of likely N-dealkylation sites (N-methyl/N-ethyl adjacent to an activating group) is 1. The first-order chi connectivity index (χ1) is 16.6. The first-order valence-electron chi connectivity index (χ1n) is 11.9. The van der Waals surface area contributed by atoms with Crippen LogP contribution in [0.3, 0.4) is 0 Å². The zero-order chi connectivity index (χ0) is 25.2. The number of fused-ring (bicyclic) bond motifs is 5. The zero-order valence-electron chi connectivity index (χ0n) is 20.3. The van der Waals surface area contributed by atoms with E-state index >= 15 is 0 Å². The molecule has 0 aliphatic heterocycles. The average molecular weight is 502 g/mol. The zero-order valence-corrected chi connectivity index (χ0v) is 21.1. The summed E-state index contributed by atoms with van der Waals surface area (Å²) in [6, 6.07) is 5.47. The summed E-state index contributed by atoms with van der Waals surface area (Å²) in [7, 11) is -3.77. The number of hydrogen-bond donors (Lipinski definition) is 0. The second-order valence-electron chi connectivity index (χ2n) is 9.99. The Hall–Kier alpha value is -2.72. The topological polar surface area (TPSA) is 81.0 Å². The molecule has 0 saturated heterocycles. The maximum Gasteiger partial charge on any atom is 0.246 e. The van der Waals surface area contributed by atoms with Crippen molar-refractivity contribution in [3.63, 3.8) is 0 Å². The number of hydrogen-bond acceptors (Lipinski definition) is 5. The molecule has 1 fully saturated rings. The molecule has 2 bridgehead atoms. The van der Waals surface area contributed by atoms with Crippen LogP contribution in [0.1, 0.15) is 57.7 Å². The van der Waals surface area contributed by atoms with Gasteiger partial charge in [0, 0.05) is 31.2 Å². The van der Waals surface area contributed by atoms with Gasteiger partial charge in [0.05, 0.1) is 23.1 Å². The highest BCUT2D eigenvalue weighted by atomic mass is 32.2. The summed E-state index contributed by atoms with van der Waals surface area (Å²) in [4.78, 5) is 0.166. The Morgan fingerprint density at radius 2 is 1.89 bits per heavy atom. The van der Waals surface area contributed by atoms with Crippen LogP contribution in [0.4, 0.5) is 8.78 Å². The summed E-state index contributed by atoms with van der Waals surface area (Å²) < 4.78 is 59.1. The lowest BCUT2D eigenvalue weighted by Crippen LogP contribution is -2.48. The highest BCUT2D eigenvalue weighted by molar-refractivity contribution is 7.89. The Labute approximate surface area is 204 Å². The molecule has 2 aliphatic rings. The van der Waals surface area contributed by atoms with E-state index in [0.29, 0.717) is 13.1 Å². The average Bonchev–Trinajstić information content (AvgIpc) is 3.45. The van der Waals surface area contributed by atoms with Gasteiger partial charge in [-0.3, -0.25) is 4.68 Å². The SMILES string of the molecule is CCN(C[C@@]12CC[C@@H](c3cc(-c4c(F)cccc4F)nnc31)C2(C)C)S(=O)(=O)c1cnn(CC)c1. The molecule has 7 nitrogen and oxygen atoms in total. The molecule has 10 heteroatoms. The summed E-state index contributed by atoms with van der Waals surface area (Å²) in [5, 5.41) is 12.9. The van der Waals surface area contributed by atoms with E-state index in [9.17, 15) is 17.2 Å². The molecule has 1 aromatic carbocycles. The Bertz CT molecular complexity index is 1380. The molecule has 5 rings (SSSR count). The number of aryl methyl sites for hydroxylation is 1. The Morgan fingerprint density at radius 3 is 2.51 bits per heavy atom. The van der Waals surface area contributed by atoms with Crippen molar-refractivity contribution in [2.75, 3.05) is 13.1 Å². The minimum absolute atomic E-state index is 0.0887. The van der Waals surface area contributed by atoms with Gasteiger partial charge < -0.3 is 0 Å². The van der Waals surface area contributed by atoms with Gasteiger partial charge in [-0.25, -0.2) is 17.2 Å². The molecule has 3 aromatic rings. The minimum atomic E-state index is -3.77. The maximum atomic E-state index is 14.5. The van der Waals surface area contributed by atoms with Crippen molar-refractivity contribution in [2.24, 2.45) is 5.41 Å². The highest BCUT2D eigenvalue weighted by Gasteiger charge is 2.64. The second-order valence-corrected chi connectivity index (χ2v) is 11.9. The van der Waals surface area contributed by atoms with Crippen molar-refractivity contribution in [3.8, 4) is 11.3 Å². The van der Waals surface area contributed by atoms with E-state index in [4.69, 9.17) is 0 Å². The van der Waals surface area contributed by atoms with E-state index in [1.165, 1.54) is 28.7 Å². The van der Waals surface area contributed by atoms with Crippen molar-refractivity contribution < 1.29 is 17.2 Å². The summed E-state index contributed by atoms with van der Waals surface area (Å²) in [5.74, 6) is -1.29. The molecule has 0 spiro atoms. The molecule has 0 N–H and O–H groups in total. The van der Waals surface area contributed by atoms with Gasteiger partial charge in [0.1, 0.15) is 16.5 Å². The predicted octanol–water partition coefficient (Wildman–Crippen LogP) is 4.50. The molecule has 0 radical (unpaired) electrons. The van der Waals surface area contributed by atoms with Crippen LogP contribution in [-0.2, 0) is 22.0 Å². The summed E-state index contributed by atoms with van der Waals surface area (Å²) in [6.45, 7) is 9.11. The number of aromatic nitrogens is 4. The number of rotatable bonds is 7. The van der Waals surface area contributed by atoms with Gasteiger partial charge in [-0.1, -0.05) is 26.8 Å². The second kappa shape index (κ2) is 8.16. The fourth-order valence-corrected chi connectivity index (χ4v) is 7.57. The Morgan fingerprint density at radius 1 is 1.17 bits per heavy atom. The number of benzene rings is 1. The van der Waals surface area contributed by atoms with E-state index in [1.807, 2.05) is 13.8 Å². The maximum absolute atomic E-state index is 14.5. The Balaban J connectivity index is 1.57. The van der Waals surface area contributed by atoms with Crippen LogP contribution < -0.4 is 0 Å². The third-order valence-electron chi connectivity index (χ3n) is 8.21. The fraction of sp³-hybridized carbons (Fsp3) is 0.480. The lowest BCUT2D eigenvalue weighted by atomic mass is 9.68. The molecule has 0 unspecified atom stereocenters. The normalized spacial score (nSPS) is 22.7. The van der Waals surface area contributed by atoms with Gasteiger partial charge in [-0.15, -0.1) is 0 Å². The van der Waals surface area contributed by atoms with Crippen LogP contribution in [0.25, 0.3) is 11.3 Å². The lowest BCUT2D eigenvalue weighted by molar-refractivity contribution is 0.169. The molecular formula is C25H29F2N5O2S. The van der Waals surface area contributed by atoms with E-state index < -0.39 is 27.1 Å². The van der Waals surface area contributed by atoms with Crippen molar-refractivity contribution in [3.05, 3.63) is 59.6 Å². The van der Waals surface area contributed by atoms with Gasteiger partial charge in [0.25, 0.3) is 0 Å². The molecular weight excluding hydrogens is 472 g/mol. The first kappa shape index (κ1) is 24.0. The molecule has 2 heterocycles. The van der Waals surface area contributed by atoms with Crippen LogP contribution in [-0.4, -0.2) is 45.8 Å². The Kier molecular flexibility index (Phi) is 5.60. The third-order valence-corrected chi connectivity index (χ3v) is 10.1. The van der Waals surface area contributed by atoms with Crippen molar-refractivity contribution >= 4 is 10.0 Å². The van der Waals surface area contributed by atoms with Crippen molar-refractivity contribution in [2.45, 2.75) is 63.3 Å². The summed E-state index contributed by atoms with van der Waals surface area (Å²) in [6.07, 6.45) is 4.55. The van der Waals surface area contributed by atoms with Crippen LogP contribution in [0, 0.1) is 17.0 Å². The number of nitrogens with zero attached hydrogens (tertiary/aromatic N) is 5. The molecule has 2 aliphatic carbocycles.